The van der Waals surface area contributed by atoms with E-state index in [2.05, 4.69) is 245 Å². The molecule has 6 nitrogen and oxygen atoms in total. The highest BCUT2D eigenvalue weighted by Gasteiger charge is 2.27. The number of fused-ring (bicyclic) bond motifs is 15. The van der Waals surface area contributed by atoms with Gasteiger partial charge in [-0.05, 0) is 129 Å². The Labute approximate surface area is 438 Å². The van der Waals surface area contributed by atoms with Crippen molar-refractivity contribution in [3.63, 3.8) is 0 Å². The summed E-state index contributed by atoms with van der Waals surface area (Å²) >= 11 is 0. The van der Waals surface area contributed by atoms with Gasteiger partial charge in [-0.1, -0.05) is 151 Å². The van der Waals surface area contributed by atoms with Crippen molar-refractivity contribution in [2.75, 3.05) is 9.80 Å². The summed E-state index contributed by atoms with van der Waals surface area (Å²) in [6.07, 6.45) is 0. The van der Waals surface area contributed by atoms with Gasteiger partial charge in [-0.15, -0.1) is 0 Å². The quantitative estimate of drug-likeness (QED) is 0.165. The zero-order valence-electron chi connectivity index (χ0n) is 43.2. The number of nitrogens with zero attached hydrogens (tertiary/aromatic N) is 2. The second-order valence-corrected chi connectivity index (χ2v) is 22.5. The standard InChI is InChI=1S/C70H52N2O4/c1-69(2,3)55-25-13-21-49-51-23-15-27-57(67(51)75-65(49)55)71(45-17-9-7-10-18-45)47-31-29-41-37-53-61(39-43(41)35-47)73-59-33-34-60-64(63(53)59)54-38-42-30-32-48(36-44(42)40-62(54)74-60)72(46-19-11-8-12-20-46)58-28-16-24-52-50-22-14-26-56(70(4,5)6)66(50)76-68(52)58/h7-40H,1-6H3. The smallest absolute Gasteiger partial charge is 0.159 e. The van der Waals surface area contributed by atoms with Gasteiger partial charge in [0.15, 0.2) is 11.2 Å². The molecule has 6 heteroatoms. The lowest BCUT2D eigenvalue weighted by atomic mass is 9.86. The van der Waals surface area contributed by atoms with Crippen LogP contribution < -0.4 is 9.80 Å². The van der Waals surface area contributed by atoms with E-state index in [9.17, 15) is 0 Å². The molecule has 0 radical (unpaired) electrons. The van der Waals surface area contributed by atoms with Crippen molar-refractivity contribution in [2.45, 2.75) is 52.4 Å². The van der Waals surface area contributed by atoms with Crippen molar-refractivity contribution < 1.29 is 17.7 Å². The van der Waals surface area contributed by atoms with Crippen molar-refractivity contribution in [1.82, 2.24) is 0 Å². The molecule has 0 atom stereocenters. The van der Waals surface area contributed by atoms with E-state index in [1.54, 1.807) is 0 Å². The summed E-state index contributed by atoms with van der Waals surface area (Å²) in [7, 11) is 0. The van der Waals surface area contributed by atoms with Gasteiger partial charge in [0.1, 0.15) is 33.5 Å². The van der Waals surface area contributed by atoms with Crippen LogP contribution in [-0.4, -0.2) is 0 Å². The molecule has 76 heavy (non-hydrogen) atoms. The van der Waals surface area contributed by atoms with E-state index in [-0.39, 0.29) is 10.8 Å². The maximum Gasteiger partial charge on any atom is 0.159 e. The molecule has 0 amide bonds. The van der Waals surface area contributed by atoms with E-state index in [1.807, 2.05) is 12.1 Å². The summed E-state index contributed by atoms with van der Waals surface area (Å²) in [6, 6.07) is 73.5. The topological polar surface area (TPSA) is 59.0 Å². The Balaban J connectivity index is 0.855. The lowest BCUT2D eigenvalue weighted by Gasteiger charge is -2.26. The van der Waals surface area contributed by atoms with Crippen LogP contribution in [0.1, 0.15) is 52.7 Å². The maximum absolute atomic E-state index is 6.94. The normalized spacial score (nSPS) is 12.6. The summed E-state index contributed by atoms with van der Waals surface area (Å²) < 4.78 is 27.5. The van der Waals surface area contributed by atoms with Gasteiger partial charge in [0, 0.05) is 77.0 Å². The molecule has 0 saturated carbocycles. The highest BCUT2D eigenvalue weighted by molar-refractivity contribution is 6.28. The van der Waals surface area contributed by atoms with Crippen molar-refractivity contribution in [1.29, 1.82) is 0 Å². The molecule has 0 aliphatic heterocycles. The van der Waals surface area contributed by atoms with E-state index < -0.39 is 0 Å². The van der Waals surface area contributed by atoms with Crippen molar-refractivity contribution in [3.8, 4) is 0 Å². The predicted octanol–water partition coefficient (Wildman–Crippen LogP) is 21.1. The summed E-state index contributed by atoms with van der Waals surface area (Å²) in [6.45, 7) is 13.4. The average Bonchev–Trinajstić information content (AvgIpc) is 4.20. The SMILES string of the molecule is CC(C)(C)c1cccc2c1oc1c(N(c3ccccc3)c3ccc4cc5c(cc4c3)oc3ccc4oc6cc7cc(N(c8ccccc8)c8cccc9c8oc8c(C(C)(C)C)cccc89)ccc7cc6c4c35)cccc12. The molecular weight excluding hydrogens is 933 g/mol. The maximum atomic E-state index is 6.94. The summed E-state index contributed by atoms with van der Waals surface area (Å²) in [5, 5.41) is 13.0. The highest BCUT2D eigenvalue weighted by atomic mass is 16.3. The lowest BCUT2D eigenvalue weighted by molar-refractivity contribution is 0.572. The van der Waals surface area contributed by atoms with Crippen LogP contribution in [0.5, 0.6) is 0 Å². The van der Waals surface area contributed by atoms with Gasteiger partial charge in [-0.25, -0.2) is 0 Å². The minimum Gasteiger partial charge on any atom is -0.456 e. The molecule has 0 unspecified atom stereocenters. The van der Waals surface area contributed by atoms with E-state index in [0.717, 1.165) is 143 Å². The zero-order valence-corrected chi connectivity index (χ0v) is 43.2. The highest BCUT2D eigenvalue weighted by Crippen LogP contribution is 2.49. The lowest BCUT2D eigenvalue weighted by Crippen LogP contribution is -2.11. The monoisotopic (exact) mass is 984 g/mol. The van der Waals surface area contributed by atoms with Crippen LogP contribution in [0.15, 0.2) is 224 Å². The van der Waals surface area contributed by atoms with E-state index in [4.69, 9.17) is 17.7 Å². The van der Waals surface area contributed by atoms with Crippen LogP contribution in [-0.2, 0) is 10.8 Å². The zero-order chi connectivity index (χ0) is 51.2. The summed E-state index contributed by atoms with van der Waals surface area (Å²) in [4.78, 5) is 4.61. The molecule has 4 aromatic heterocycles. The first kappa shape index (κ1) is 44.2. The second-order valence-electron chi connectivity index (χ2n) is 22.5. The van der Waals surface area contributed by atoms with Gasteiger partial charge >= 0.3 is 0 Å². The van der Waals surface area contributed by atoms with Gasteiger partial charge in [-0.2, -0.15) is 0 Å². The third-order valence-corrected chi connectivity index (χ3v) is 15.6. The molecule has 11 aromatic carbocycles. The Hall–Kier alpha value is -9.26. The number of rotatable bonds is 6. The van der Waals surface area contributed by atoms with Crippen molar-refractivity contribution >= 4 is 143 Å². The van der Waals surface area contributed by atoms with E-state index >= 15 is 0 Å². The molecule has 0 N–H and O–H groups in total. The minimum atomic E-state index is -0.0822. The number of furan rings is 4. The molecule has 15 rings (SSSR count). The van der Waals surface area contributed by atoms with Gasteiger partial charge in [0.2, 0.25) is 0 Å². The number of para-hydroxylation sites is 6. The third-order valence-electron chi connectivity index (χ3n) is 15.6. The molecule has 0 aliphatic rings. The summed E-state index contributed by atoms with van der Waals surface area (Å²) in [5.74, 6) is 0. The fourth-order valence-corrected chi connectivity index (χ4v) is 12.0. The molecule has 0 spiro atoms. The largest absolute Gasteiger partial charge is 0.456 e. The molecule has 366 valence electrons. The van der Waals surface area contributed by atoms with Gasteiger partial charge in [0.25, 0.3) is 0 Å². The van der Waals surface area contributed by atoms with Gasteiger partial charge in [0.05, 0.1) is 11.4 Å². The number of hydrogen-bond donors (Lipinski definition) is 0. The Bertz CT molecular complexity index is 4540. The fourth-order valence-electron chi connectivity index (χ4n) is 12.0. The number of anilines is 6. The van der Waals surface area contributed by atoms with Crippen LogP contribution in [0.4, 0.5) is 34.1 Å². The van der Waals surface area contributed by atoms with Crippen LogP contribution in [0.25, 0.3) is 109 Å². The number of benzene rings is 11. The first-order valence-corrected chi connectivity index (χ1v) is 26.2. The van der Waals surface area contributed by atoms with E-state index in [1.165, 1.54) is 11.1 Å². The van der Waals surface area contributed by atoms with Crippen LogP contribution in [0.2, 0.25) is 0 Å². The van der Waals surface area contributed by atoms with Gasteiger partial charge < -0.3 is 27.5 Å². The Morgan fingerprint density at radius 1 is 0.276 bits per heavy atom. The molecule has 0 saturated heterocycles. The molecular formula is C70H52N2O4. The Morgan fingerprint density at radius 3 is 1.08 bits per heavy atom. The second kappa shape index (κ2) is 16.1. The first-order chi connectivity index (χ1) is 36.9. The van der Waals surface area contributed by atoms with Crippen molar-refractivity contribution in [3.05, 3.63) is 217 Å². The Morgan fingerprint density at radius 2 is 0.671 bits per heavy atom. The van der Waals surface area contributed by atoms with Crippen LogP contribution in [0, 0.1) is 0 Å². The first-order valence-electron chi connectivity index (χ1n) is 26.2. The molecule has 15 aromatic rings. The number of hydrogen-bond acceptors (Lipinski definition) is 6. The van der Waals surface area contributed by atoms with Crippen LogP contribution >= 0.6 is 0 Å². The predicted molar refractivity (Wildman–Crippen MR) is 317 cm³/mol. The summed E-state index contributed by atoms with van der Waals surface area (Å²) in [5.41, 5.74) is 15.2. The third kappa shape index (κ3) is 6.73. The van der Waals surface area contributed by atoms with Gasteiger partial charge in [-0.3, -0.25) is 0 Å². The van der Waals surface area contributed by atoms with E-state index in [0.29, 0.717) is 0 Å². The minimum absolute atomic E-state index is 0.0822. The molecule has 0 bridgehead atoms. The molecule has 0 aliphatic carbocycles. The molecule has 4 heterocycles. The average molecular weight is 985 g/mol. The molecule has 0 fully saturated rings. The fraction of sp³-hybridized carbons (Fsp3) is 0.114. The van der Waals surface area contributed by atoms with Crippen molar-refractivity contribution in [2.24, 2.45) is 0 Å². The Kier molecular flexibility index (Phi) is 9.38. The van der Waals surface area contributed by atoms with Crippen LogP contribution in [0.3, 0.4) is 0 Å².